The topological polar surface area (TPSA) is 62.0 Å². The van der Waals surface area contributed by atoms with Crippen molar-refractivity contribution < 1.29 is 4.79 Å². The second kappa shape index (κ2) is 6.78. The van der Waals surface area contributed by atoms with Crippen molar-refractivity contribution in [2.24, 2.45) is 0 Å². The summed E-state index contributed by atoms with van der Waals surface area (Å²) < 4.78 is 0. The summed E-state index contributed by atoms with van der Waals surface area (Å²) >= 11 is 12.0. The summed E-state index contributed by atoms with van der Waals surface area (Å²) in [6.45, 7) is 0. The first-order chi connectivity index (χ1) is 12.5. The molecule has 1 aliphatic rings. The number of H-pyrrole nitrogens is 1. The van der Waals surface area contributed by atoms with E-state index in [1.54, 1.807) is 18.2 Å². The number of rotatable bonds is 2. The normalized spacial score (nSPS) is 13.5. The van der Waals surface area contributed by atoms with Gasteiger partial charge in [0.2, 0.25) is 0 Å². The maximum absolute atomic E-state index is 12.5. The quantitative estimate of drug-likeness (QED) is 0.653. The Morgan fingerprint density at radius 1 is 1.00 bits per heavy atom. The number of pyridine rings is 1. The summed E-state index contributed by atoms with van der Waals surface area (Å²) in [5.74, 6) is -0.350. The van der Waals surface area contributed by atoms with Crippen LogP contribution in [0.3, 0.4) is 0 Å². The highest BCUT2D eigenvalue weighted by Crippen LogP contribution is 2.28. The minimum Gasteiger partial charge on any atom is -0.322 e. The summed E-state index contributed by atoms with van der Waals surface area (Å²) in [4.78, 5) is 27.8. The van der Waals surface area contributed by atoms with Crippen LogP contribution >= 0.6 is 23.2 Å². The number of aromatic nitrogens is 1. The van der Waals surface area contributed by atoms with Crippen LogP contribution in [0, 0.1) is 0 Å². The van der Waals surface area contributed by atoms with Crippen LogP contribution in [0.15, 0.2) is 41.2 Å². The van der Waals surface area contributed by atoms with Crippen molar-refractivity contribution in [3.8, 4) is 0 Å². The molecule has 0 saturated heterocycles. The van der Waals surface area contributed by atoms with E-state index < -0.39 is 0 Å². The minimum absolute atomic E-state index is 0.0337. The molecule has 1 aromatic heterocycles. The predicted molar refractivity (Wildman–Crippen MR) is 106 cm³/mol. The van der Waals surface area contributed by atoms with Crippen LogP contribution in [-0.2, 0) is 12.8 Å². The highest BCUT2D eigenvalue weighted by Gasteiger charge is 2.17. The lowest BCUT2D eigenvalue weighted by molar-refractivity contribution is 0.102. The largest absolute Gasteiger partial charge is 0.322 e. The molecule has 6 heteroatoms. The van der Waals surface area contributed by atoms with Gasteiger partial charge < -0.3 is 10.3 Å². The van der Waals surface area contributed by atoms with Gasteiger partial charge in [0.15, 0.2) is 0 Å². The maximum Gasteiger partial charge on any atom is 0.257 e. The first-order valence-electron chi connectivity index (χ1n) is 8.47. The highest BCUT2D eigenvalue weighted by atomic mass is 35.5. The number of hydrogen-bond acceptors (Lipinski definition) is 2. The fourth-order valence-electron chi connectivity index (χ4n) is 3.51. The molecule has 26 heavy (non-hydrogen) atoms. The molecule has 0 aliphatic heterocycles. The van der Waals surface area contributed by atoms with E-state index in [4.69, 9.17) is 23.2 Å². The van der Waals surface area contributed by atoms with Crippen LogP contribution in [0.4, 0.5) is 5.69 Å². The second-order valence-corrected chi connectivity index (χ2v) is 7.30. The van der Waals surface area contributed by atoms with Crippen molar-refractivity contribution >= 4 is 45.7 Å². The summed E-state index contributed by atoms with van der Waals surface area (Å²) in [5, 5.41) is 4.62. The van der Waals surface area contributed by atoms with Gasteiger partial charge in [0.1, 0.15) is 0 Å². The van der Waals surface area contributed by atoms with Crippen molar-refractivity contribution in [3.05, 3.63) is 73.5 Å². The highest BCUT2D eigenvalue weighted by molar-refractivity contribution is 6.36. The number of aromatic amines is 1. The standard InChI is InChI=1S/C20H16Cl2N2O2/c21-11-5-8-17(22)16(9-11)20(26)23-12-6-7-14-13-3-1-2-4-15(13)19(25)24-18(14)10-12/h5-10H,1-4H2,(H,23,26)(H,24,25). The first kappa shape index (κ1) is 17.1. The lowest BCUT2D eigenvalue weighted by atomic mass is 9.90. The van der Waals surface area contributed by atoms with Gasteiger partial charge in [-0.3, -0.25) is 9.59 Å². The number of fused-ring (bicyclic) bond motifs is 3. The van der Waals surface area contributed by atoms with Crippen molar-refractivity contribution in [2.45, 2.75) is 25.7 Å². The third-order valence-electron chi connectivity index (χ3n) is 4.77. The van der Waals surface area contributed by atoms with Gasteiger partial charge in [-0.2, -0.15) is 0 Å². The van der Waals surface area contributed by atoms with Crippen LogP contribution in [0.25, 0.3) is 10.9 Å². The molecule has 1 heterocycles. The number of halogens is 2. The molecular weight excluding hydrogens is 371 g/mol. The maximum atomic E-state index is 12.5. The smallest absolute Gasteiger partial charge is 0.257 e. The number of benzene rings is 2. The molecule has 0 spiro atoms. The summed E-state index contributed by atoms with van der Waals surface area (Å²) in [7, 11) is 0. The molecule has 4 rings (SSSR count). The van der Waals surface area contributed by atoms with Crippen LogP contribution in [-0.4, -0.2) is 10.9 Å². The van der Waals surface area contributed by atoms with Gasteiger partial charge in [-0.15, -0.1) is 0 Å². The summed E-state index contributed by atoms with van der Waals surface area (Å²) in [6.07, 6.45) is 3.89. The molecule has 0 fully saturated rings. The Morgan fingerprint density at radius 3 is 2.58 bits per heavy atom. The molecule has 0 bridgehead atoms. The van der Waals surface area contributed by atoms with E-state index in [9.17, 15) is 9.59 Å². The molecule has 0 unspecified atom stereocenters. The average molecular weight is 387 g/mol. The van der Waals surface area contributed by atoms with Crippen molar-refractivity contribution in [1.29, 1.82) is 0 Å². The van der Waals surface area contributed by atoms with Gasteiger partial charge in [0.05, 0.1) is 16.1 Å². The fraction of sp³-hybridized carbons (Fsp3) is 0.200. The van der Waals surface area contributed by atoms with E-state index in [1.807, 2.05) is 12.1 Å². The Hall–Kier alpha value is -2.30. The first-order valence-corrected chi connectivity index (χ1v) is 9.23. The zero-order valence-electron chi connectivity index (χ0n) is 13.9. The summed E-state index contributed by atoms with van der Waals surface area (Å²) in [6, 6.07) is 10.3. The minimum atomic E-state index is -0.350. The Balaban J connectivity index is 1.71. The van der Waals surface area contributed by atoms with E-state index in [-0.39, 0.29) is 11.5 Å². The zero-order chi connectivity index (χ0) is 18.3. The van der Waals surface area contributed by atoms with E-state index in [2.05, 4.69) is 10.3 Å². The van der Waals surface area contributed by atoms with E-state index in [1.165, 1.54) is 6.07 Å². The van der Waals surface area contributed by atoms with E-state index >= 15 is 0 Å². The van der Waals surface area contributed by atoms with Crippen molar-refractivity contribution in [1.82, 2.24) is 4.98 Å². The Bertz CT molecular complexity index is 1090. The molecule has 0 saturated carbocycles. The van der Waals surface area contributed by atoms with E-state index in [0.29, 0.717) is 21.3 Å². The van der Waals surface area contributed by atoms with Gasteiger partial charge in [-0.05, 0) is 61.6 Å². The van der Waals surface area contributed by atoms with Gasteiger partial charge in [-0.1, -0.05) is 29.3 Å². The number of carbonyl (C=O) groups is 1. The third kappa shape index (κ3) is 3.11. The number of carbonyl (C=O) groups excluding carboxylic acids is 1. The van der Waals surface area contributed by atoms with E-state index in [0.717, 1.165) is 47.7 Å². The van der Waals surface area contributed by atoms with Gasteiger partial charge in [0, 0.05) is 21.7 Å². The molecule has 2 aromatic carbocycles. The monoisotopic (exact) mass is 386 g/mol. The van der Waals surface area contributed by atoms with Crippen LogP contribution in [0.5, 0.6) is 0 Å². The third-order valence-corrected chi connectivity index (χ3v) is 5.33. The van der Waals surface area contributed by atoms with Crippen molar-refractivity contribution in [2.75, 3.05) is 5.32 Å². The Labute approximate surface area is 160 Å². The molecule has 3 aromatic rings. The number of aryl methyl sites for hydroxylation is 1. The lowest BCUT2D eigenvalue weighted by Crippen LogP contribution is -2.19. The molecule has 4 nitrogen and oxygen atoms in total. The average Bonchev–Trinajstić information content (AvgIpc) is 2.64. The molecule has 2 N–H and O–H groups in total. The fourth-order valence-corrected chi connectivity index (χ4v) is 3.88. The van der Waals surface area contributed by atoms with Crippen LogP contribution < -0.4 is 10.9 Å². The molecular formula is C20H16Cl2N2O2. The predicted octanol–water partition coefficient (Wildman–Crippen LogP) is 4.97. The van der Waals surface area contributed by atoms with Crippen LogP contribution in [0.1, 0.15) is 34.3 Å². The number of amides is 1. The number of hydrogen-bond donors (Lipinski definition) is 2. The number of anilines is 1. The Kier molecular flexibility index (Phi) is 4.47. The van der Waals surface area contributed by atoms with Crippen molar-refractivity contribution in [3.63, 3.8) is 0 Å². The molecule has 1 aliphatic carbocycles. The van der Waals surface area contributed by atoms with Crippen LogP contribution in [0.2, 0.25) is 10.0 Å². The zero-order valence-corrected chi connectivity index (χ0v) is 15.4. The summed E-state index contributed by atoms with van der Waals surface area (Å²) in [5.41, 5.74) is 3.61. The van der Waals surface area contributed by atoms with Gasteiger partial charge in [-0.25, -0.2) is 0 Å². The SMILES string of the molecule is O=C(Nc1ccc2c3c(c(=O)[nH]c2c1)CCCC3)c1cc(Cl)ccc1Cl. The molecule has 0 radical (unpaired) electrons. The molecule has 0 atom stereocenters. The lowest BCUT2D eigenvalue weighted by Gasteiger charge is -2.17. The van der Waals surface area contributed by atoms with Gasteiger partial charge in [0.25, 0.3) is 11.5 Å². The second-order valence-electron chi connectivity index (χ2n) is 6.46. The molecule has 1 amide bonds. The molecule has 132 valence electrons. The number of nitrogens with one attached hydrogen (secondary N) is 2. The Morgan fingerprint density at radius 2 is 1.77 bits per heavy atom. The van der Waals surface area contributed by atoms with Gasteiger partial charge >= 0.3 is 0 Å².